The summed E-state index contributed by atoms with van der Waals surface area (Å²) in [5.74, 6) is -0.0426. The molecule has 0 radical (unpaired) electrons. The molecule has 1 aliphatic rings. The topological polar surface area (TPSA) is 64.3 Å². The van der Waals surface area contributed by atoms with Gasteiger partial charge in [-0.05, 0) is 26.7 Å². The number of amides is 1. The van der Waals surface area contributed by atoms with Gasteiger partial charge in [-0.3, -0.25) is 4.79 Å². The number of hydrogen-bond acceptors (Lipinski definition) is 3. The zero-order valence-electron chi connectivity index (χ0n) is 10.4. The average Bonchev–Trinajstić information content (AvgIpc) is 2.45. The smallest absolute Gasteiger partial charge is 0.248 e. The molecule has 0 saturated heterocycles. The molecule has 0 aromatic carbocycles. The third-order valence-electron chi connectivity index (χ3n) is 3.10. The Balaban J connectivity index is 2.41. The molecule has 0 spiro atoms. The summed E-state index contributed by atoms with van der Waals surface area (Å²) in [7, 11) is 0. The summed E-state index contributed by atoms with van der Waals surface area (Å²) in [5, 5.41) is 2.76. The Hall–Kier alpha value is -0.610. The summed E-state index contributed by atoms with van der Waals surface area (Å²) in [6.07, 6.45) is 5.19. The average molecular weight is 228 g/mol. The summed E-state index contributed by atoms with van der Waals surface area (Å²) in [5.41, 5.74) is 6.04. The van der Waals surface area contributed by atoms with Crippen LogP contribution in [-0.2, 0) is 9.53 Å². The minimum absolute atomic E-state index is 0.0418. The van der Waals surface area contributed by atoms with Gasteiger partial charge in [0.15, 0.2) is 0 Å². The van der Waals surface area contributed by atoms with Crippen LogP contribution in [0, 0.1) is 0 Å². The molecule has 4 nitrogen and oxygen atoms in total. The van der Waals surface area contributed by atoms with Crippen molar-refractivity contribution in [3.63, 3.8) is 0 Å². The van der Waals surface area contributed by atoms with E-state index in [1.54, 1.807) is 6.92 Å². The van der Waals surface area contributed by atoms with Gasteiger partial charge >= 0.3 is 0 Å². The van der Waals surface area contributed by atoms with Gasteiger partial charge in [0.05, 0.1) is 6.10 Å². The standard InChI is InChI=1S/C12H24N2O2/c1-3-14-12(15)9(2)16-11-8-6-4-5-7-10(11)13/h9-11H,3-8,13H2,1-2H3,(H,14,15). The zero-order chi connectivity index (χ0) is 12.0. The molecule has 1 amide bonds. The Bertz CT molecular complexity index is 221. The fraction of sp³-hybridized carbons (Fsp3) is 0.917. The van der Waals surface area contributed by atoms with E-state index in [1.165, 1.54) is 12.8 Å². The molecule has 3 atom stereocenters. The van der Waals surface area contributed by atoms with Crippen LogP contribution in [-0.4, -0.2) is 30.7 Å². The Morgan fingerprint density at radius 3 is 2.81 bits per heavy atom. The lowest BCUT2D eigenvalue weighted by Gasteiger charge is -2.25. The van der Waals surface area contributed by atoms with Crippen LogP contribution in [0.4, 0.5) is 0 Å². The molecule has 0 aromatic heterocycles. The number of carbonyl (C=O) groups excluding carboxylic acids is 1. The first-order valence-electron chi connectivity index (χ1n) is 6.34. The van der Waals surface area contributed by atoms with Crippen molar-refractivity contribution in [3.05, 3.63) is 0 Å². The van der Waals surface area contributed by atoms with Crippen LogP contribution >= 0.6 is 0 Å². The second-order valence-corrected chi connectivity index (χ2v) is 4.51. The van der Waals surface area contributed by atoms with Gasteiger partial charge in [0, 0.05) is 12.6 Å². The highest BCUT2D eigenvalue weighted by atomic mass is 16.5. The molecular weight excluding hydrogens is 204 g/mol. The van der Waals surface area contributed by atoms with Crippen molar-refractivity contribution >= 4 is 5.91 Å². The summed E-state index contributed by atoms with van der Waals surface area (Å²) < 4.78 is 5.76. The van der Waals surface area contributed by atoms with Gasteiger partial charge in [-0.25, -0.2) is 0 Å². The first-order chi connectivity index (χ1) is 7.65. The summed E-state index contributed by atoms with van der Waals surface area (Å²) in [6, 6.07) is 0.0828. The third kappa shape index (κ3) is 4.10. The maximum atomic E-state index is 11.5. The minimum atomic E-state index is -0.394. The second-order valence-electron chi connectivity index (χ2n) is 4.51. The molecule has 0 aliphatic heterocycles. The van der Waals surface area contributed by atoms with Crippen LogP contribution in [0.25, 0.3) is 0 Å². The van der Waals surface area contributed by atoms with Crippen molar-refractivity contribution in [1.82, 2.24) is 5.32 Å². The number of rotatable bonds is 4. The van der Waals surface area contributed by atoms with Crippen LogP contribution in [0.2, 0.25) is 0 Å². The van der Waals surface area contributed by atoms with Gasteiger partial charge in [0.25, 0.3) is 0 Å². The molecule has 3 N–H and O–H groups in total. The van der Waals surface area contributed by atoms with E-state index in [1.807, 2.05) is 6.92 Å². The largest absolute Gasteiger partial charge is 0.364 e. The molecule has 1 aliphatic carbocycles. The predicted molar refractivity (Wildman–Crippen MR) is 64.1 cm³/mol. The Kier molecular flexibility index (Phi) is 5.77. The number of nitrogens with two attached hydrogens (primary N) is 1. The molecule has 0 heterocycles. The van der Waals surface area contributed by atoms with E-state index in [9.17, 15) is 4.79 Å². The molecule has 4 heteroatoms. The molecule has 1 fully saturated rings. The maximum Gasteiger partial charge on any atom is 0.248 e. The minimum Gasteiger partial charge on any atom is -0.364 e. The van der Waals surface area contributed by atoms with Crippen LogP contribution in [0.15, 0.2) is 0 Å². The van der Waals surface area contributed by atoms with Crippen molar-refractivity contribution in [3.8, 4) is 0 Å². The molecular formula is C12H24N2O2. The number of carbonyl (C=O) groups is 1. The zero-order valence-corrected chi connectivity index (χ0v) is 10.4. The Labute approximate surface area is 97.9 Å². The highest BCUT2D eigenvalue weighted by Gasteiger charge is 2.25. The van der Waals surface area contributed by atoms with E-state index < -0.39 is 6.10 Å². The SMILES string of the molecule is CCNC(=O)C(C)OC1CCCCCC1N. The summed E-state index contributed by atoms with van der Waals surface area (Å²) in [6.45, 7) is 4.34. The van der Waals surface area contributed by atoms with Gasteiger partial charge in [0.2, 0.25) is 5.91 Å². The van der Waals surface area contributed by atoms with Crippen LogP contribution in [0.3, 0.4) is 0 Å². The normalized spacial score (nSPS) is 28.2. The van der Waals surface area contributed by atoms with E-state index in [4.69, 9.17) is 10.5 Å². The van der Waals surface area contributed by atoms with Gasteiger partial charge in [-0.2, -0.15) is 0 Å². The number of ether oxygens (including phenoxy) is 1. The third-order valence-corrected chi connectivity index (χ3v) is 3.10. The van der Waals surface area contributed by atoms with Gasteiger partial charge in [-0.1, -0.05) is 19.3 Å². The van der Waals surface area contributed by atoms with Gasteiger partial charge < -0.3 is 15.8 Å². The second kappa shape index (κ2) is 6.86. The monoisotopic (exact) mass is 228 g/mol. The van der Waals surface area contributed by atoms with Gasteiger partial charge in [-0.15, -0.1) is 0 Å². The van der Waals surface area contributed by atoms with Crippen molar-refractivity contribution < 1.29 is 9.53 Å². The molecule has 16 heavy (non-hydrogen) atoms. The van der Waals surface area contributed by atoms with Crippen LogP contribution in [0.1, 0.15) is 46.0 Å². The lowest BCUT2D eigenvalue weighted by molar-refractivity contribution is -0.136. The highest BCUT2D eigenvalue weighted by molar-refractivity contribution is 5.80. The number of nitrogens with one attached hydrogen (secondary N) is 1. The van der Waals surface area contributed by atoms with Crippen molar-refractivity contribution in [1.29, 1.82) is 0 Å². The first-order valence-corrected chi connectivity index (χ1v) is 6.34. The maximum absolute atomic E-state index is 11.5. The van der Waals surface area contributed by atoms with E-state index in [0.29, 0.717) is 6.54 Å². The van der Waals surface area contributed by atoms with E-state index in [-0.39, 0.29) is 18.1 Å². The quantitative estimate of drug-likeness (QED) is 0.710. The predicted octanol–water partition coefficient (Wildman–Crippen LogP) is 1.19. The lowest BCUT2D eigenvalue weighted by atomic mass is 10.1. The van der Waals surface area contributed by atoms with Crippen LogP contribution < -0.4 is 11.1 Å². The lowest BCUT2D eigenvalue weighted by Crippen LogP contribution is -2.42. The van der Waals surface area contributed by atoms with Crippen molar-refractivity contribution in [2.45, 2.75) is 64.2 Å². The number of likely N-dealkylation sites (N-methyl/N-ethyl adjacent to an activating group) is 1. The fourth-order valence-corrected chi connectivity index (χ4v) is 2.11. The molecule has 1 saturated carbocycles. The van der Waals surface area contributed by atoms with Crippen molar-refractivity contribution in [2.75, 3.05) is 6.54 Å². The molecule has 3 unspecified atom stereocenters. The highest BCUT2D eigenvalue weighted by Crippen LogP contribution is 2.20. The van der Waals surface area contributed by atoms with Crippen LogP contribution in [0.5, 0.6) is 0 Å². The number of hydrogen-bond donors (Lipinski definition) is 2. The molecule has 94 valence electrons. The fourth-order valence-electron chi connectivity index (χ4n) is 2.11. The van der Waals surface area contributed by atoms with Gasteiger partial charge in [0.1, 0.15) is 6.10 Å². The Morgan fingerprint density at radius 2 is 2.12 bits per heavy atom. The first kappa shape index (κ1) is 13.5. The summed E-state index contributed by atoms with van der Waals surface area (Å²) >= 11 is 0. The molecule has 1 rings (SSSR count). The van der Waals surface area contributed by atoms with Crippen molar-refractivity contribution in [2.24, 2.45) is 5.73 Å². The van der Waals surface area contributed by atoms with E-state index in [2.05, 4.69) is 5.32 Å². The van der Waals surface area contributed by atoms with E-state index in [0.717, 1.165) is 19.3 Å². The Morgan fingerprint density at radius 1 is 1.44 bits per heavy atom. The molecule has 0 aromatic rings. The molecule has 0 bridgehead atoms. The summed E-state index contributed by atoms with van der Waals surface area (Å²) in [4.78, 5) is 11.5. The van der Waals surface area contributed by atoms with E-state index >= 15 is 0 Å².